The fourth-order valence-electron chi connectivity index (χ4n) is 1.66. The molecule has 0 atom stereocenters. The summed E-state index contributed by atoms with van der Waals surface area (Å²) in [5.41, 5.74) is 6.94. The van der Waals surface area contributed by atoms with E-state index >= 15 is 0 Å². The quantitative estimate of drug-likeness (QED) is 0.755. The lowest BCUT2D eigenvalue weighted by molar-refractivity contribution is 0.102. The summed E-state index contributed by atoms with van der Waals surface area (Å²) in [6.07, 6.45) is 1.50. The number of benzene rings is 1. The molecule has 110 valence electrons. The van der Waals surface area contributed by atoms with Gasteiger partial charge in [0, 0.05) is 24.0 Å². The number of hydrogen-bond acceptors (Lipinski definition) is 5. The highest BCUT2D eigenvalue weighted by Crippen LogP contribution is 2.14. The van der Waals surface area contributed by atoms with Crippen molar-refractivity contribution in [2.45, 2.75) is 11.4 Å². The minimum absolute atomic E-state index is 0.0187. The van der Waals surface area contributed by atoms with Crippen LogP contribution in [0.5, 0.6) is 0 Å². The Morgan fingerprint density at radius 3 is 2.43 bits per heavy atom. The zero-order chi connectivity index (χ0) is 15.5. The summed E-state index contributed by atoms with van der Waals surface area (Å²) in [5, 5.41) is 7.64. The van der Waals surface area contributed by atoms with Crippen molar-refractivity contribution in [2.75, 3.05) is 5.32 Å². The number of nitrogens with zero attached hydrogens (tertiary/aromatic N) is 1. The third kappa shape index (κ3) is 3.85. The molecule has 0 saturated carbocycles. The van der Waals surface area contributed by atoms with Gasteiger partial charge >= 0.3 is 0 Å². The molecule has 0 aliphatic heterocycles. The fraction of sp³-hybridized carbons (Fsp3) is 0.0769. The van der Waals surface area contributed by atoms with Gasteiger partial charge in [-0.25, -0.2) is 13.6 Å². The average molecular weight is 306 g/mol. The molecule has 0 aliphatic rings. The molecule has 2 aromatic rings. The first-order valence-electron chi connectivity index (χ1n) is 5.99. The molecule has 1 heterocycles. The number of primary sulfonamides is 1. The largest absolute Gasteiger partial charge is 0.325 e. The summed E-state index contributed by atoms with van der Waals surface area (Å²) >= 11 is 0. The van der Waals surface area contributed by atoms with Crippen LogP contribution in [0.3, 0.4) is 0 Å². The number of rotatable bonds is 4. The molecule has 21 heavy (non-hydrogen) atoms. The van der Waals surface area contributed by atoms with Gasteiger partial charge in [0.25, 0.3) is 5.91 Å². The summed E-state index contributed by atoms with van der Waals surface area (Å²) in [5.74, 6) is -0.338. The van der Waals surface area contributed by atoms with Crippen LogP contribution in [0.15, 0.2) is 47.5 Å². The van der Waals surface area contributed by atoms with E-state index < -0.39 is 10.0 Å². The maximum atomic E-state index is 12.0. The maximum Gasteiger partial charge on any atom is 0.255 e. The van der Waals surface area contributed by atoms with E-state index in [1.807, 2.05) is 0 Å². The lowest BCUT2D eigenvalue weighted by Gasteiger charge is -2.06. The molecule has 0 unspecified atom stereocenters. The second-order valence-corrected chi connectivity index (χ2v) is 5.82. The van der Waals surface area contributed by atoms with Gasteiger partial charge in [0.15, 0.2) is 0 Å². The van der Waals surface area contributed by atoms with E-state index in [0.717, 1.165) is 0 Å². The van der Waals surface area contributed by atoms with E-state index in [0.29, 0.717) is 16.9 Å². The minimum Gasteiger partial charge on any atom is -0.325 e. The van der Waals surface area contributed by atoms with Gasteiger partial charge in [0.2, 0.25) is 10.0 Å². The predicted octanol–water partition coefficient (Wildman–Crippen LogP) is 0.440. The molecule has 7 nitrogen and oxygen atoms in total. The highest BCUT2D eigenvalue weighted by molar-refractivity contribution is 7.89. The van der Waals surface area contributed by atoms with Gasteiger partial charge in [-0.15, -0.1) is 0 Å². The molecule has 1 aromatic carbocycles. The molecule has 1 amide bonds. The standard InChI is InChI=1S/C13H14N4O3S/c14-8-11-7-9(5-6-16-11)13(18)17-10-1-3-12(4-2-10)21(15,19)20/h1-7H,8,14H2,(H,17,18)(H2,15,19,20). The summed E-state index contributed by atoms with van der Waals surface area (Å²) in [6, 6.07) is 8.72. The molecule has 1 aromatic heterocycles. The third-order valence-corrected chi connectivity index (χ3v) is 3.66. The molecule has 0 aliphatic carbocycles. The topological polar surface area (TPSA) is 128 Å². The van der Waals surface area contributed by atoms with Gasteiger partial charge < -0.3 is 11.1 Å². The van der Waals surface area contributed by atoms with E-state index in [9.17, 15) is 13.2 Å². The van der Waals surface area contributed by atoms with Crippen molar-refractivity contribution in [2.24, 2.45) is 10.9 Å². The van der Waals surface area contributed by atoms with E-state index in [-0.39, 0.29) is 17.3 Å². The van der Waals surface area contributed by atoms with Crippen LogP contribution in [0.1, 0.15) is 16.1 Å². The predicted molar refractivity (Wildman–Crippen MR) is 77.9 cm³/mol. The van der Waals surface area contributed by atoms with Crippen LogP contribution >= 0.6 is 0 Å². The Hall–Kier alpha value is -2.29. The molecular weight excluding hydrogens is 292 g/mol. The highest BCUT2D eigenvalue weighted by Gasteiger charge is 2.09. The van der Waals surface area contributed by atoms with Crippen molar-refractivity contribution in [1.82, 2.24) is 4.98 Å². The number of nitrogens with two attached hydrogens (primary N) is 2. The number of carbonyl (C=O) groups excluding carboxylic acids is 1. The molecular formula is C13H14N4O3S. The Morgan fingerprint density at radius 2 is 1.86 bits per heavy atom. The Bertz CT molecular complexity index is 757. The van der Waals surface area contributed by atoms with Crippen LogP contribution in [-0.4, -0.2) is 19.3 Å². The zero-order valence-corrected chi connectivity index (χ0v) is 11.8. The Balaban J connectivity index is 2.16. The second-order valence-electron chi connectivity index (χ2n) is 4.26. The zero-order valence-electron chi connectivity index (χ0n) is 11.0. The van der Waals surface area contributed by atoms with E-state index in [4.69, 9.17) is 10.9 Å². The Morgan fingerprint density at radius 1 is 1.19 bits per heavy atom. The number of amides is 1. The monoisotopic (exact) mass is 306 g/mol. The van der Waals surface area contributed by atoms with E-state index in [1.54, 1.807) is 12.1 Å². The summed E-state index contributed by atoms with van der Waals surface area (Å²) in [6.45, 7) is 0.240. The number of hydrogen-bond donors (Lipinski definition) is 3. The fourth-order valence-corrected chi connectivity index (χ4v) is 2.18. The van der Waals surface area contributed by atoms with Gasteiger partial charge in [-0.3, -0.25) is 9.78 Å². The SMILES string of the molecule is NCc1cc(C(=O)Nc2ccc(S(N)(=O)=O)cc2)ccn1. The normalized spacial score (nSPS) is 11.1. The van der Waals surface area contributed by atoms with E-state index in [2.05, 4.69) is 10.3 Å². The first kappa shape index (κ1) is 15.1. The van der Waals surface area contributed by atoms with Crippen LogP contribution in [0, 0.1) is 0 Å². The van der Waals surface area contributed by atoms with Crippen LogP contribution < -0.4 is 16.2 Å². The molecule has 0 radical (unpaired) electrons. The van der Waals surface area contributed by atoms with Crippen LogP contribution in [-0.2, 0) is 16.6 Å². The van der Waals surface area contributed by atoms with Gasteiger partial charge in [0.1, 0.15) is 0 Å². The van der Waals surface area contributed by atoms with Crippen LogP contribution in [0.2, 0.25) is 0 Å². The van der Waals surface area contributed by atoms with Crippen molar-refractivity contribution in [3.63, 3.8) is 0 Å². The van der Waals surface area contributed by atoms with Crippen molar-refractivity contribution in [1.29, 1.82) is 0 Å². The number of aromatic nitrogens is 1. The van der Waals surface area contributed by atoms with Gasteiger partial charge in [-0.05, 0) is 36.4 Å². The van der Waals surface area contributed by atoms with Crippen molar-refractivity contribution < 1.29 is 13.2 Å². The molecule has 2 rings (SSSR count). The van der Waals surface area contributed by atoms with Crippen LogP contribution in [0.4, 0.5) is 5.69 Å². The minimum atomic E-state index is -3.74. The Labute approximate surface area is 122 Å². The average Bonchev–Trinajstić information content (AvgIpc) is 2.47. The Kier molecular flexibility index (Phi) is 4.32. The molecule has 0 bridgehead atoms. The summed E-state index contributed by atoms with van der Waals surface area (Å²) in [4.78, 5) is 16.0. The lowest BCUT2D eigenvalue weighted by Crippen LogP contribution is -2.14. The number of nitrogens with one attached hydrogen (secondary N) is 1. The molecule has 0 spiro atoms. The molecule has 0 saturated heterocycles. The van der Waals surface area contributed by atoms with Gasteiger partial charge in [-0.1, -0.05) is 0 Å². The number of anilines is 1. The molecule has 0 fully saturated rings. The maximum absolute atomic E-state index is 12.0. The van der Waals surface area contributed by atoms with Crippen molar-refractivity contribution in [3.05, 3.63) is 53.9 Å². The van der Waals surface area contributed by atoms with Gasteiger partial charge in [-0.2, -0.15) is 0 Å². The number of sulfonamides is 1. The van der Waals surface area contributed by atoms with Crippen molar-refractivity contribution in [3.8, 4) is 0 Å². The van der Waals surface area contributed by atoms with E-state index in [1.165, 1.54) is 30.5 Å². The lowest BCUT2D eigenvalue weighted by atomic mass is 10.2. The molecule has 5 N–H and O–H groups in total. The van der Waals surface area contributed by atoms with Gasteiger partial charge in [0.05, 0.1) is 10.6 Å². The first-order valence-corrected chi connectivity index (χ1v) is 7.54. The summed E-state index contributed by atoms with van der Waals surface area (Å²) in [7, 11) is -3.74. The smallest absolute Gasteiger partial charge is 0.255 e. The first-order chi connectivity index (χ1) is 9.90. The third-order valence-electron chi connectivity index (χ3n) is 2.73. The highest BCUT2D eigenvalue weighted by atomic mass is 32.2. The number of carbonyl (C=O) groups is 1. The number of pyridine rings is 1. The molecule has 8 heteroatoms. The van der Waals surface area contributed by atoms with Crippen LogP contribution in [0.25, 0.3) is 0 Å². The summed E-state index contributed by atoms with van der Waals surface area (Å²) < 4.78 is 22.3. The second kappa shape index (κ2) is 6.00. The van der Waals surface area contributed by atoms with Crippen molar-refractivity contribution >= 4 is 21.6 Å².